The van der Waals surface area contributed by atoms with Gasteiger partial charge in [0, 0.05) is 13.1 Å². The largest absolute Gasteiger partial charge is 0.459 e. The fraction of sp³-hybridized carbons (Fsp3) is 0.538. The third kappa shape index (κ3) is 5.56. The number of carbonyl (C=O) groups is 2. The van der Waals surface area contributed by atoms with Crippen molar-refractivity contribution in [3.8, 4) is 0 Å². The van der Waals surface area contributed by atoms with E-state index in [1.165, 1.54) is 6.26 Å². The number of nitrogens with one attached hydrogen (secondary N) is 3. The third-order valence-corrected chi connectivity index (χ3v) is 2.51. The molecule has 0 saturated heterocycles. The second kappa shape index (κ2) is 8.31. The second-order valence-electron chi connectivity index (χ2n) is 4.21. The van der Waals surface area contributed by atoms with Gasteiger partial charge in [0.25, 0.3) is 5.91 Å². The summed E-state index contributed by atoms with van der Waals surface area (Å²) >= 11 is 0. The molecule has 0 radical (unpaired) electrons. The van der Waals surface area contributed by atoms with E-state index in [4.69, 9.17) is 4.42 Å². The lowest BCUT2D eigenvalue weighted by atomic mass is 10.3. The van der Waals surface area contributed by atoms with Crippen LogP contribution in [0.5, 0.6) is 0 Å². The van der Waals surface area contributed by atoms with Crippen molar-refractivity contribution >= 4 is 11.8 Å². The fourth-order valence-electron chi connectivity index (χ4n) is 1.47. The Balaban J connectivity index is 2.23. The van der Waals surface area contributed by atoms with Crippen LogP contribution in [0.2, 0.25) is 0 Å². The highest BCUT2D eigenvalue weighted by Gasteiger charge is 2.17. The van der Waals surface area contributed by atoms with E-state index >= 15 is 0 Å². The Bertz CT molecular complexity index is 390. The highest BCUT2D eigenvalue weighted by molar-refractivity contribution is 5.95. The van der Waals surface area contributed by atoms with Crippen LogP contribution >= 0.6 is 0 Å². The Morgan fingerprint density at radius 3 is 2.74 bits per heavy atom. The molecule has 3 N–H and O–H groups in total. The monoisotopic (exact) mass is 267 g/mol. The molecular formula is C13H21N3O3. The van der Waals surface area contributed by atoms with Gasteiger partial charge < -0.3 is 20.4 Å². The van der Waals surface area contributed by atoms with Gasteiger partial charge in [-0.3, -0.25) is 9.59 Å². The van der Waals surface area contributed by atoms with Gasteiger partial charge in [0.2, 0.25) is 5.91 Å². The molecule has 0 aromatic carbocycles. The molecule has 0 bridgehead atoms. The van der Waals surface area contributed by atoms with Crippen LogP contribution in [-0.4, -0.2) is 37.5 Å². The molecule has 6 nitrogen and oxygen atoms in total. The molecule has 106 valence electrons. The molecule has 1 rings (SSSR count). The molecule has 0 aliphatic rings. The maximum atomic E-state index is 11.7. The zero-order chi connectivity index (χ0) is 14.1. The van der Waals surface area contributed by atoms with Gasteiger partial charge >= 0.3 is 0 Å². The number of hydrogen-bond acceptors (Lipinski definition) is 4. The molecular weight excluding hydrogens is 246 g/mol. The SMILES string of the molecule is CCCNCCNC(=O)C(C)NC(=O)c1ccco1. The first-order valence-corrected chi connectivity index (χ1v) is 6.48. The van der Waals surface area contributed by atoms with Crippen molar-refractivity contribution in [2.45, 2.75) is 26.3 Å². The lowest BCUT2D eigenvalue weighted by Crippen LogP contribution is -2.46. The Hall–Kier alpha value is -1.82. The van der Waals surface area contributed by atoms with E-state index in [1.54, 1.807) is 19.1 Å². The number of furan rings is 1. The summed E-state index contributed by atoms with van der Waals surface area (Å²) in [5.41, 5.74) is 0. The predicted molar refractivity (Wildman–Crippen MR) is 71.8 cm³/mol. The number of carbonyl (C=O) groups excluding carboxylic acids is 2. The van der Waals surface area contributed by atoms with Crippen molar-refractivity contribution < 1.29 is 14.0 Å². The minimum Gasteiger partial charge on any atom is -0.459 e. The highest BCUT2D eigenvalue weighted by Crippen LogP contribution is 1.99. The average molecular weight is 267 g/mol. The van der Waals surface area contributed by atoms with Crippen LogP contribution in [0.25, 0.3) is 0 Å². The number of rotatable bonds is 8. The van der Waals surface area contributed by atoms with E-state index in [-0.39, 0.29) is 11.7 Å². The Morgan fingerprint density at radius 1 is 1.32 bits per heavy atom. The van der Waals surface area contributed by atoms with Crippen molar-refractivity contribution in [1.82, 2.24) is 16.0 Å². The third-order valence-electron chi connectivity index (χ3n) is 2.51. The van der Waals surface area contributed by atoms with Crippen LogP contribution < -0.4 is 16.0 Å². The van der Waals surface area contributed by atoms with Crippen molar-refractivity contribution in [3.63, 3.8) is 0 Å². The van der Waals surface area contributed by atoms with Gasteiger partial charge in [-0.1, -0.05) is 6.92 Å². The van der Waals surface area contributed by atoms with Gasteiger partial charge in [-0.25, -0.2) is 0 Å². The van der Waals surface area contributed by atoms with Crippen LogP contribution in [-0.2, 0) is 4.79 Å². The summed E-state index contributed by atoms with van der Waals surface area (Å²) in [7, 11) is 0. The van der Waals surface area contributed by atoms with Gasteiger partial charge in [0.1, 0.15) is 6.04 Å². The Labute approximate surface area is 112 Å². The normalized spacial score (nSPS) is 11.9. The van der Waals surface area contributed by atoms with Crippen LogP contribution in [0.3, 0.4) is 0 Å². The lowest BCUT2D eigenvalue weighted by molar-refractivity contribution is -0.122. The van der Waals surface area contributed by atoms with E-state index in [0.717, 1.165) is 19.5 Å². The lowest BCUT2D eigenvalue weighted by Gasteiger charge is -2.13. The summed E-state index contributed by atoms with van der Waals surface area (Å²) < 4.78 is 4.95. The van der Waals surface area contributed by atoms with Crippen LogP contribution in [0.4, 0.5) is 0 Å². The van der Waals surface area contributed by atoms with Gasteiger partial charge in [-0.15, -0.1) is 0 Å². The van der Waals surface area contributed by atoms with E-state index in [2.05, 4.69) is 22.9 Å². The van der Waals surface area contributed by atoms with Crippen molar-refractivity contribution in [1.29, 1.82) is 0 Å². The summed E-state index contributed by atoms with van der Waals surface area (Å²) in [6.07, 6.45) is 2.47. The summed E-state index contributed by atoms with van der Waals surface area (Å²) in [5.74, 6) is -0.403. The van der Waals surface area contributed by atoms with Crippen molar-refractivity contribution in [2.24, 2.45) is 0 Å². The maximum absolute atomic E-state index is 11.7. The Morgan fingerprint density at radius 2 is 2.11 bits per heavy atom. The molecule has 2 amide bonds. The molecule has 0 aliphatic heterocycles. The zero-order valence-corrected chi connectivity index (χ0v) is 11.4. The smallest absolute Gasteiger partial charge is 0.287 e. The molecule has 0 spiro atoms. The molecule has 1 atom stereocenters. The standard InChI is InChI=1S/C13H21N3O3/c1-3-6-14-7-8-15-12(17)10(2)16-13(18)11-5-4-9-19-11/h4-5,9-10,14H,3,6-8H2,1-2H3,(H,15,17)(H,16,18). The first kappa shape index (κ1) is 15.2. The van der Waals surface area contributed by atoms with Gasteiger partial charge in [-0.2, -0.15) is 0 Å². The topological polar surface area (TPSA) is 83.4 Å². The summed E-state index contributed by atoms with van der Waals surface area (Å²) in [6.45, 7) is 5.91. The molecule has 0 aliphatic carbocycles. The molecule has 6 heteroatoms. The highest BCUT2D eigenvalue weighted by atomic mass is 16.3. The molecule has 1 unspecified atom stereocenters. The zero-order valence-electron chi connectivity index (χ0n) is 11.4. The van der Waals surface area contributed by atoms with Gasteiger partial charge in [0.05, 0.1) is 6.26 Å². The van der Waals surface area contributed by atoms with Crippen LogP contribution in [0.1, 0.15) is 30.8 Å². The first-order chi connectivity index (χ1) is 9.15. The summed E-state index contributed by atoms with van der Waals surface area (Å²) in [5, 5.41) is 8.49. The minimum atomic E-state index is -0.594. The van der Waals surface area contributed by atoms with Crippen LogP contribution in [0.15, 0.2) is 22.8 Å². The summed E-state index contributed by atoms with van der Waals surface area (Å²) in [4.78, 5) is 23.3. The molecule has 1 aromatic rings. The van der Waals surface area contributed by atoms with Gasteiger partial charge in [-0.05, 0) is 32.0 Å². The second-order valence-corrected chi connectivity index (χ2v) is 4.21. The van der Waals surface area contributed by atoms with E-state index < -0.39 is 11.9 Å². The first-order valence-electron chi connectivity index (χ1n) is 6.48. The molecule has 0 saturated carbocycles. The quantitative estimate of drug-likeness (QED) is 0.599. The van der Waals surface area contributed by atoms with E-state index in [1.807, 2.05) is 0 Å². The van der Waals surface area contributed by atoms with Crippen molar-refractivity contribution in [3.05, 3.63) is 24.2 Å². The Kier molecular flexibility index (Phi) is 6.67. The molecule has 1 aromatic heterocycles. The summed E-state index contributed by atoms with van der Waals surface area (Å²) in [6, 6.07) is 2.58. The molecule has 19 heavy (non-hydrogen) atoms. The molecule has 0 fully saturated rings. The predicted octanol–water partition coefficient (Wildman–Crippen LogP) is 0.514. The van der Waals surface area contributed by atoms with Crippen LogP contribution in [0, 0.1) is 0 Å². The number of hydrogen-bond donors (Lipinski definition) is 3. The van der Waals surface area contributed by atoms with E-state index in [0.29, 0.717) is 6.54 Å². The fourth-order valence-corrected chi connectivity index (χ4v) is 1.47. The van der Waals surface area contributed by atoms with Crippen molar-refractivity contribution in [2.75, 3.05) is 19.6 Å². The van der Waals surface area contributed by atoms with Gasteiger partial charge in [0.15, 0.2) is 5.76 Å². The maximum Gasteiger partial charge on any atom is 0.287 e. The van der Waals surface area contributed by atoms with E-state index in [9.17, 15) is 9.59 Å². The molecule has 1 heterocycles. The average Bonchev–Trinajstić information content (AvgIpc) is 2.92. The number of amides is 2. The minimum absolute atomic E-state index is 0.198.